The van der Waals surface area contributed by atoms with Crippen LogP contribution in [0.5, 0.6) is 5.75 Å². The van der Waals surface area contributed by atoms with E-state index in [9.17, 15) is 0 Å². The van der Waals surface area contributed by atoms with Crippen LogP contribution in [0, 0.1) is 11.8 Å². The van der Waals surface area contributed by atoms with Gasteiger partial charge < -0.3 is 10.5 Å². The molecule has 3 nitrogen and oxygen atoms in total. The van der Waals surface area contributed by atoms with Crippen molar-refractivity contribution in [2.24, 2.45) is 5.73 Å². The summed E-state index contributed by atoms with van der Waals surface area (Å²) in [6.07, 6.45) is 1.15. The second kappa shape index (κ2) is 8.58. The fraction of sp³-hybridized carbons (Fsp3) is 0.500. The quantitative estimate of drug-likeness (QED) is 0.797. The van der Waals surface area contributed by atoms with Gasteiger partial charge in [-0.15, -0.1) is 0 Å². The minimum Gasteiger partial charge on any atom is -0.497 e. The van der Waals surface area contributed by atoms with Crippen molar-refractivity contribution in [2.75, 3.05) is 26.7 Å². The molecule has 1 rings (SSSR count). The number of nitrogens with two attached hydrogens (primary N) is 1. The highest BCUT2D eigenvalue weighted by molar-refractivity contribution is 5.45. The molecule has 0 radical (unpaired) electrons. The van der Waals surface area contributed by atoms with Gasteiger partial charge in [-0.1, -0.05) is 25.7 Å². The standard InChI is InChI=1S/C16H24N2O/c1-4-11-18(5-2)13-15-12-16(19-3)9-8-14(15)7-6-10-17/h8-9,12H,4-5,10-11,13,17H2,1-3H3. The van der Waals surface area contributed by atoms with E-state index in [-0.39, 0.29) is 0 Å². The first-order chi connectivity index (χ1) is 9.24. The van der Waals surface area contributed by atoms with Crippen LogP contribution in [-0.4, -0.2) is 31.6 Å². The Labute approximate surface area is 116 Å². The number of rotatable bonds is 6. The SMILES string of the molecule is CCCN(CC)Cc1cc(OC)ccc1C#CCN. The lowest BCUT2D eigenvalue weighted by Crippen LogP contribution is -2.24. The van der Waals surface area contributed by atoms with E-state index in [4.69, 9.17) is 10.5 Å². The van der Waals surface area contributed by atoms with E-state index in [0.717, 1.165) is 37.4 Å². The molecule has 0 heterocycles. The van der Waals surface area contributed by atoms with E-state index in [2.05, 4.69) is 36.7 Å². The normalized spacial score (nSPS) is 10.2. The van der Waals surface area contributed by atoms with Gasteiger partial charge in [0.25, 0.3) is 0 Å². The van der Waals surface area contributed by atoms with Gasteiger partial charge in [0.2, 0.25) is 0 Å². The molecule has 0 bridgehead atoms. The van der Waals surface area contributed by atoms with Crippen LogP contribution in [0.3, 0.4) is 0 Å². The Bertz CT molecular complexity index is 446. The average molecular weight is 260 g/mol. The zero-order valence-electron chi connectivity index (χ0n) is 12.2. The van der Waals surface area contributed by atoms with E-state index >= 15 is 0 Å². The Hall–Kier alpha value is -1.50. The molecule has 0 unspecified atom stereocenters. The number of nitrogens with zero attached hydrogens (tertiary/aromatic N) is 1. The van der Waals surface area contributed by atoms with E-state index < -0.39 is 0 Å². The molecule has 0 saturated heterocycles. The summed E-state index contributed by atoms with van der Waals surface area (Å²) in [5.41, 5.74) is 7.70. The molecular weight excluding hydrogens is 236 g/mol. The topological polar surface area (TPSA) is 38.5 Å². The molecule has 0 atom stereocenters. The molecule has 2 N–H and O–H groups in total. The van der Waals surface area contributed by atoms with Crippen molar-refractivity contribution in [1.29, 1.82) is 0 Å². The minimum absolute atomic E-state index is 0.387. The van der Waals surface area contributed by atoms with Crippen molar-refractivity contribution in [3.05, 3.63) is 29.3 Å². The second-order valence-electron chi connectivity index (χ2n) is 4.40. The monoisotopic (exact) mass is 260 g/mol. The van der Waals surface area contributed by atoms with Crippen LogP contribution in [0.2, 0.25) is 0 Å². The van der Waals surface area contributed by atoms with Crippen LogP contribution in [0.1, 0.15) is 31.4 Å². The first-order valence-corrected chi connectivity index (χ1v) is 6.83. The Morgan fingerprint density at radius 1 is 1.32 bits per heavy atom. The first kappa shape index (κ1) is 15.6. The molecule has 0 aliphatic carbocycles. The molecule has 0 aromatic heterocycles. The first-order valence-electron chi connectivity index (χ1n) is 6.83. The largest absolute Gasteiger partial charge is 0.497 e. The molecule has 0 amide bonds. The maximum absolute atomic E-state index is 5.45. The van der Waals surface area contributed by atoms with Gasteiger partial charge in [-0.05, 0) is 43.3 Å². The van der Waals surface area contributed by atoms with Crippen LogP contribution in [-0.2, 0) is 6.54 Å². The predicted molar refractivity (Wildman–Crippen MR) is 80.2 cm³/mol. The van der Waals surface area contributed by atoms with Gasteiger partial charge in [-0.3, -0.25) is 4.90 Å². The summed E-state index contributed by atoms with van der Waals surface area (Å²) in [7, 11) is 1.69. The zero-order chi connectivity index (χ0) is 14.1. The van der Waals surface area contributed by atoms with Crippen LogP contribution in [0.25, 0.3) is 0 Å². The third-order valence-corrected chi connectivity index (χ3v) is 3.02. The zero-order valence-corrected chi connectivity index (χ0v) is 12.2. The molecule has 1 aromatic rings. The van der Waals surface area contributed by atoms with Crippen molar-refractivity contribution in [3.63, 3.8) is 0 Å². The van der Waals surface area contributed by atoms with E-state index in [1.165, 1.54) is 5.56 Å². The molecule has 3 heteroatoms. The summed E-state index contributed by atoms with van der Waals surface area (Å²) in [6.45, 7) is 7.80. The smallest absolute Gasteiger partial charge is 0.119 e. The van der Waals surface area contributed by atoms with Gasteiger partial charge in [0.05, 0.1) is 13.7 Å². The molecule has 19 heavy (non-hydrogen) atoms. The van der Waals surface area contributed by atoms with Gasteiger partial charge >= 0.3 is 0 Å². The second-order valence-corrected chi connectivity index (χ2v) is 4.40. The Balaban J connectivity index is 2.99. The van der Waals surface area contributed by atoms with Crippen LogP contribution in [0.4, 0.5) is 0 Å². The number of hydrogen-bond acceptors (Lipinski definition) is 3. The highest BCUT2D eigenvalue weighted by Gasteiger charge is 2.07. The molecule has 0 spiro atoms. The number of ether oxygens (including phenoxy) is 1. The third kappa shape index (κ3) is 4.94. The summed E-state index contributed by atoms with van der Waals surface area (Å²) in [4.78, 5) is 2.41. The van der Waals surface area contributed by atoms with Gasteiger partial charge in [-0.2, -0.15) is 0 Å². The average Bonchev–Trinajstić information content (AvgIpc) is 2.45. The van der Waals surface area contributed by atoms with Crippen molar-refractivity contribution < 1.29 is 4.74 Å². The highest BCUT2D eigenvalue weighted by atomic mass is 16.5. The predicted octanol–water partition coefficient (Wildman–Crippen LogP) is 2.24. The van der Waals surface area contributed by atoms with Gasteiger partial charge in [-0.25, -0.2) is 0 Å². The third-order valence-electron chi connectivity index (χ3n) is 3.02. The highest BCUT2D eigenvalue weighted by Crippen LogP contribution is 2.19. The fourth-order valence-electron chi connectivity index (χ4n) is 2.00. The molecule has 1 aromatic carbocycles. The lowest BCUT2D eigenvalue weighted by Gasteiger charge is -2.20. The van der Waals surface area contributed by atoms with Gasteiger partial charge in [0.1, 0.15) is 5.75 Å². The summed E-state index contributed by atoms with van der Waals surface area (Å²) in [5.74, 6) is 6.94. The summed E-state index contributed by atoms with van der Waals surface area (Å²) in [5, 5.41) is 0. The van der Waals surface area contributed by atoms with E-state index in [1.54, 1.807) is 7.11 Å². The number of methoxy groups -OCH3 is 1. The molecular formula is C16H24N2O. The van der Waals surface area contributed by atoms with Crippen molar-refractivity contribution in [2.45, 2.75) is 26.8 Å². The Morgan fingerprint density at radius 2 is 2.11 bits per heavy atom. The van der Waals surface area contributed by atoms with E-state index in [1.807, 2.05) is 12.1 Å². The Kier molecular flexibility index (Phi) is 7.02. The van der Waals surface area contributed by atoms with Crippen molar-refractivity contribution >= 4 is 0 Å². The molecule has 104 valence electrons. The fourth-order valence-corrected chi connectivity index (χ4v) is 2.00. The van der Waals surface area contributed by atoms with Crippen LogP contribution < -0.4 is 10.5 Å². The lowest BCUT2D eigenvalue weighted by molar-refractivity contribution is 0.280. The molecule has 0 aliphatic heterocycles. The maximum Gasteiger partial charge on any atom is 0.119 e. The summed E-state index contributed by atoms with van der Waals surface area (Å²) >= 11 is 0. The van der Waals surface area contributed by atoms with E-state index in [0.29, 0.717) is 6.54 Å². The van der Waals surface area contributed by atoms with Gasteiger partial charge in [0, 0.05) is 12.1 Å². The van der Waals surface area contributed by atoms with Gasteiger partial charge in [0.15, 0.2) is 0 Å². The maximum atomic E-state index is 5.45. The van der Waals surface area contributed by atoms with Crippen molar-refractivity contribution in [1.82, 2.24) is 4.90 Å². The minimum atomic E-state index is 0.387. The number of hydrogen-bond donors (Lipinski definition) is 1. The van der Waals surface area contributed by atoms with Crippen LogP contribution in [0.15, 0.2) is 18.2 Å². The molecule has 0 fully saturated rings. The lowest BCUT2D eigenvalue weighted by atomic mass is 10.1. The summed E-state index contributed by atoms with van der Waals surface area (Å²) in [6, 6.07) is 6.02. The molecule has 0 aliphatic rings. The summed E-state index contributed by atoms with van der Waals surface area (Å²) < 4.78 is 5.30. The molecule has 0 saturated carbocycles. The Morgan fingerprint density at radius 3 is 2.68 bits per heavy atom. The van der Waals surface area contributed by atoms with Crippen LogP contribution >= 0.6 is 0 Å². The number of benzene rings is 1. The van der Waals surface area contributed by atoms with Crippen molar-refractivity contribution in [3.8, 4) is 17.6 Å².